The monoisotopic (exact) mass is 296 g/mol. The van der Waals surface area contributed by atoms with Gasteiger partial charge in [0.25, 0.3) is 0 Å². The van der Waals surface area contributed by atoms with Crippen LogP contribution in [0.2, 0.25) is 0 Å². The van der Waals surface area contributed by atoms with E-state index in [1.807, 2.05) is 31.2 Å². The van der Waals surface area contributed by atoms with Crippen LogP contribution in [0.15, 0.2) is 28.7 Å². The highest BCUT2D eigenvalue weighted by atomic mass is 79.9. The zero-order valence-electron chi connectivity index (χ0n) is 9.87. The van der Waals surface area contributed by atoms with Crippen molar-refractivity contribution < 1.29 is 4.79 Å². The molecule has 0 radical (unpaired) electrons. The molecule has 4 heteroatoms. The van der Waals surface area contributed by atoms with Crippen LogP contribution in [0.5, 0.6) is 0 Å². The minimum atomic E-state index is 0.0561. The molecule has 1 heterocycles. The number of hydrogen-bond donors (Lipinski definition) is 2. The number of benzene rings is 1. The quantitative estimate of drug-likeness (QED) is 0.898. The van der Waals surface area contributed by atoms with Crippen molar-refractivity contribution in [3.8, 4) is 0 Å². The number of carbonyl (C=O) groups is 1. The summed E-state index contributed by atoms with van der Waals surface area (Å²) in [5, 5.41) is 6.27. The van der Waals surface area contributed by atoms with Crippen LogP contribution in [0.4, 0.5) is 0 Å². The second-order valence-electron chi connectivity index (χ2n) is 4.48. The highest BCUT2D eigenvalue weighted by Gasteiger charge is 2.23. The fourth-order valence-electron chi connectivity index (χ4n) is 2.07. The summed E-state index contributed by atoms with van der Waals surface area (Å²) in [5.74, 6) is 0.284. The molecule has 1 aromatic carbocycles. The van der Waals surface area contributed by atoms with Crippen molar-refractivity contribution in [2.24, 2.45) is 5.92 Å². The molecule has 1 unspecified atom stereocenters. The van der Waals surface area contributed by atoms with Gasteiger partial charge < -0.3 is 10.6 Å². The number of rotatable bonds is 3. The van der Waals surface area contributed by atoms with Crippen LogP contribution in [0, 0.1) is 5.92 Å². The Kier molecular flexibility index (Phi) is 4.18. The molecule has 17 heavy (non-hydrogen) atoms. The average molecular weight is 297 g/mol. The largest absolute Gasteiger partial charge is 0.349 e. The van der Waals surface area contributed by atoms with Gasteiger partial charge in [-0.15, -0.1) is 0 Å². The fraction of sp³-hybridized carbons (Fsp3) is 0.462. The second kappa shape index (κ2) is 5.65. The zero-order chi connectivity index (χ0) is 12.3. The molecule has 2 rings (SSSR count). The molecular weight excluding hydrogens is 280 g/mol. The van der Waals surface area contributed by atoms with Crippen LogP contribution < -0.4 is 10.6 Å². The first-order chi connectivity index (χ1) is 8.16. The molecule has 1 aliphatic rings. The first-order valence-electron chi connectivity index (χ1n) is 5.93. The van der Waals surface area contributed by atoms with Crippen molar-refractivity contribution >= 4 is 21.8 Å². The van der Waals surface area contributed by atoms with Gasteiger partial charge in [0.2, 0.25) is 5.91 Å². The Morgan fingerprint density at radius 3 is 3.06 bits per heavy atom. The van der Waals surface area contributed by atoms with Crippen molar-refractivity contribution in [3.05, 3.63) is 34.3 Å². The number of nitrogens with one attached hydrogen (secondary N) is 2. The van der Waals surface area contributed by atoms with Gasteiger partial charge in [0, 0.05) is 11.0 Å². The summed E-state index contributed by atoms with van der Waals surface area (Å²) >= 11 is 3.44. The molecule has 0 bridgehead atoms. The number of carbonyl (C=O) groups excluding carboxylic acids is 1. The molecule has 0 spiro atoms. The SMILES string of the molecule is C[C@H](NC(=O)C1CCNC1)c1cccc(Br)c1. The third-order valence-electron chi connectivity index (χ3n) is 3.14. The Balaban J connectivity index is 1.96. The molecule has 1 saturated heterocycles. The van der Waals surface area contributed by atoms with Gasteiger partial charge in [0.05, 0.1) is 12.0 Å². The van der Waals surface area contributed by atoms with Crippen LogP contribution in [-0.4, -0.2) is 19.0 Å². The van der Waals surface area contributed by atoms with Gasteiger partial charge in [0.1, 0.15) is 0 Å². The van der Waals surface area contributed by atoms with E-state index in [9.17, 15) is 4.79 Å². The highest BCUT2D eigenvalue weighted by molar-refractivity contribution is 9.10. The van der Waals surface area contributed by atoms with Crippen LogP contribution in [0.1, 0.15) is 24.9 Å². The standard InChI is InChI=1S/C13H17BrN2O/c1-9(10-3-2-4-12(14)7-10)16-13(17)11-5-6-15-8-11/h2-4,7,9,11,15H,5-6,8H2,1H3,(H,16,17)/t9-,11?/m0/s1. The molecule has 3 nitrogen and oxygen atoms in total. The normalized spacial score (nSPS) is 21.2. The lowest BCUT2D eigenvalue weighted by Crippen LogP contribution is -2.33. The van der Waals surface area contributed by atoms with E-state index in [1.54, 1.807) is 0 Å². The lowest BCUT2D eigenvalue weighted by molar-refractivity contribution is -0.125. The molecule has 1 fully saturated rings. The third kappa shape index (κ3) is 3.30. The number of hydrogen-bond acceptors (Lipinski definition) is 2. The third-order valence-corrected chi connectivity index (χ3v) is 3.63. The lowest BCUT2D eigenvalue weighted by atomic mass is 10.1. The minimum Gasteiger partial charge on any atom is -0.349 e. The summed E-state index contributed by atoms with van der Waals surface area (Å²) in [5.41, 5.74) is 1.12. The van der Waals surface area contributed by atoms with Gasteiger partial charge in [-0.1, -0.05) is 28.1 Å². The molecule has 2 N–H and O–H groups in total. The summed E-state index contributed by atoms with van der Waals surface area (Å²) in [4.78, 5) is 12.0. The van der Waals surface area contributed by atoms with Crippen molar-refractivity contribution in [2.45, 2.75) is 19.4 Å². The van der Waals surface area contributed by atoms with Gasteiger partial charge in [-0.2, -0.15) is 0 Å². The number of amides is 1. The van der Waals surface area contributed by atoms with Crippen LogP contribution in [0.25, 0.3) is 0 Å². The van der Waals surface area contributed by atoms with E-state index in [4.69, 9.17) is 0 Å². The number of halogens is 1. The molecule has 1 aliphatic heterocycles. The second-order valence-corrected chi connectivity index (χ2v) is 5.39. The summed E-state index contributed by atoms with van der Waals surface area (Å²) in [7, 11) is 0. The minimum absolute atomic E-state index is 0.0561. The van der Waals surface area contributed by atoms with E-state index in [0.717, 1.165) is 29.5 Å². The van der Waals surface area contributed by atoms with E-state index in [2.05, 4.69) is 26.6 Å². The van der Waals surface area contributed by atoms with Crippen LogP contribution in [-0.2, 0) is 4.79 Å². The van der Waals surface area contributed by atoms with E-state index < -0.39 is 0 Å². The smallest absolute Gasteiger partial charge is 0.224 e. The predicted molar refractivity (Wildman–Crippen MR) is 71.7 cm³/mol. The molecule has 1 amide bonds. The maximum atomic E-state index is 12.0. The zero-order valence-corrected chi connectivity index (χ0v) is 11.5. The summed E-state index contributed by atoms with van der Waals surface area (Å²) in [6.07, 6.45) is 0.942. The molecule has 0 saturated carbocycles. The average Bonchev–Trinajstić information content (AvgIpc) is 2.82. The Morgan fingerprint density at radius 2 is 2.41 bits per heavy atom. The van der Waals surface area contributed by atoms with Crippen molar-refractivity contribution in [2.75, 3.05) is 13.1 Å². The molecular formula is C13H17BrN2O. The van der Waals surface area contributed by atoms with E-state index in [1.165, 1.54) is 0 Å². The fourth-order valence-corrected chi connectivity index (χ4v) is 2.49. The van der Waals surface area contributed by atoms with Gasteiger partial charge in [-0.25, -0.2) is 0 Å². The first-order valence-corrected chi connectivity index (χ1v) is 6.72. The topological polar surface area (TPSA) is 41.1 Å². The Labute approximate surface area is 110 Å². The predicted octanol–water partition coefficient (Wildman–Crippen LogP) is 2.24. The van der Waals surface area contributed by atoms with Gasteiger partial charge in [0.15, 0.2) is 0 Å². The van der Waals surface area contributed by atoms with E-state index in [0.29, 0.717) is 0 Å². The van der Waals surface area contributed by atoms with Crippen molar-refractivity contribution in [3.63, 3.8) is 0 Å². The summed E-state index contributed by atoms with van der Waals surface area (Å²) in [6.45, 7) is 3.77. The Morgan fingerprint density at radius 1 is 1.59 bits per heavy atom. The maximum Gasteiger partial charge on any atom is 0.224 e. The van der Waals surface area contributed by atoms with Crippen LogP contribution in [0.3, 0.4) is 0 Å². The molecule has 0 aliphatic carbocycles. The Bertz CT molecular complexity index is 402. The summed E-state index contributed by atoms with van der Waals surface area (Å²) in [6, 6.07) is 8.10. The summed E-state index contributed by atoms with van der Waals surface area (Å²) < 4.78 is 1.04. The van der Waals surface area contributed by atoms with Gasteiger partial charge >= 0.3 is 0 Å². The first kappa shape index (κ1) is 12.6. The Hall–Kier alpha value is -0.870. The molecule has 92 valence electrons. The van der Waals surface area contributed by atoms with E-state index >= 15 is 0 Å². The van der Waals surface area contributed by atoms with Crippen LogP contribution >= 0.6 is 15.9 Å². The van der Waals surface area contributed by atoms with Crippen molar-refractivity contribution in [1.82, 2.24) is 10.6 Å². The maximum absolute atomic E-state index is 12.0. The van der Waals surface area contributed by atoms with Gasteiger partial charge in [-0.05, 0) is 37.6 Å². The van der Waals surface area contributed by atoms with Gasteiger partial charge in [-0.3, -0.25) is 4.79 Å². The van der Waals surface area contributed by atoms with Crippen molar-refractivity contribution in [1.29, 1.82) is 0 Å². The molecule has 2 atom stereocenters. The molecule has 1 aromatic rings. The molecule has 0 aromatic heterocycles. The van der Waals surface area contributed by atoms with E-state index in [-0.39, 0.29) is 17.9 Å². The highest BCUT2D eigenvalue weighted by Crippen LogP contribution is 2.18. The lowest BCUT2D eigenvalue weighted by Gasteiger charge is -2.17.